The molecule has 7 nitrogen and oxygen atoms in total. The largest absolute Gasteiger partial charge is 0.328 e. The fourth-order valence-electron chi connectivity index (χ4n) is 3.49. The number of hydrogen-bond acceptors (Lipinski definition) is 6. The average molecular weight is 406 g/mol. The maximum absolute atomic E-state index is 4.64. The highest BCUT2D eigenvalue weighted by Crippen LogP contribution is 2.35. The predicted octanol–water partition coefficient (Wildman–Crippen LogP) is 4.81. The molecular formula is C21H23N7S. The van der Waals surface area contributed by atoms with Gasteiger partial charge in [0.1, 0.15) is 5.00 Å². The first-order chi connectivity index (χ1) is 14.0. The molecule has 0 aliphatic carbocycles. The van der Waals surface area contributed by atoms with Crippen molar-refractivity contribution in [1.29, 1.82) is 0 Å². The van der Waals surface area contributed by atoms with Gasteiger partial charge in [0.2, 0.25) is 0 Å². The van der Waals surface area contributed by atoms with E-state index in [4.69, 9.17) is 0 Å². The Labute approximate surface area is 173 Å². The Morgan fingerprint density at radius 1 is 1.31 bits per heavy atom. The molecule has 148 valence electrons. The number of nitrogens with one attached hydrogen (secondary N) is 1. The zero-order valence-corrected chi connectivity index (χ0v) is 17.5. The molecule has 0 bridgehead atoms. The van der Waals surface area contributed by atoms with Crippen LogP contribution < -0.4 is 5.32 Å². The predicted molar refractivity (Wildman–Crippen MR) is 118 cm³/mol. The monoisotopic (exact) mass is 405 g/mol. The number of aryl methyl sites for hydroxylation is 1. The van der Waals surface area contributed by atoms with Crippen LogP contribution in [0, 0.1) is 5.92 Å². The molecule has 1 N–H and O–H groups in total. The van der Waals surface area contributed by atoms with Crippen molar-refractivity contribution in [2.45, 2.75) is 19.8 Å². The van der Waals surface area contributed by atoms with Crippen LogP contribution in [0.5, 0.6) is 0 Å². The molecule has 29 heavy (non-hydrogen) atoms. The topological polar surface area (TPSA) is 72.9 Å². The lowest BCUT2D eigenvalue weighted by molar-refractivity contribution is 0.607. The van der Waals surface area contributed by atoms with Gasteiger partial charge in [0, 0.05) is 37.1 Å². The minimum Gasteiger partial charge on any atom is -0.328 e. The molecule has 0 amide bonds. The molecule has 8 heteroatoms. The Hall–Kier alpha value is -3.26. The first kappa shape index (κ1) is 19.1. The Kier molecular flexibility index (Phi) is 5.02. The van der Waals surface area contributed by atoms with Crippen molar-refractivity contribution in [3.05, 3.63) is 67.6 Å². The van der Waals surface area contributed by atoms with E-state index in [9.17, 15) is 0 Å². The molecule has 0 saturated heterocycles. The summed E-state index contributed by atoms with van der Waals surface area (Å²) in [5, 5.41) is 8.53. The first-order valence-electron chi connectivity index (χ1n) is 9.30. The maximum atomic E-state index is 4.64. The molecule has 4 aromatic rings. The fraction of sp³-hybridized carbons (Fsp3) is 0.238. The summed E-state index contributed by atoms with van der Waals surface area (Å²) in [4.78, 5) is 9.05. The number of aromatic nitrogens is 6. The molecule has 0 aliphatic rings. The Morgan fingerprint density at radius 2 is 2.14 bits per heavy atom. The van der Waals surface area contributed by atoms with E-state index >= 15 is 0 Å². The van der Waals surface area contributed by atoms with Crippen LogP contribution in [0.4, 0.5) is 10.8 Å². The van der Waals surface area contributed by atoms with E-state index < -0.39 is 0 Å². The van der Waals surface area contributed by atoms with Crippen LogP contribution in [0.2, 0.25) is 0 Å². The Bertz CT molecular complexity index is 1180. The number of nitrogens with zero attached hydrogens (tertiary/aromatic N) is 6. The summed E-state index contributed by atoms with van der Waals surface area (Å²) in [6.07, 6.45) is 11.2. The number of imidazole rings is 1. The van der Waals surface area contributed by atoms with Gasteiger partial charge in [-0.2, -0.15) is 9.47 Å². The summed E-state index contributed by atoms with van der Waals surface area (Å²) < 4.78 is 8.42. The smallest absolute Gasteiger partial charge is 0.180 e. The molecule has 0 saturated carbocycles. The zero-order valence-electron chi connectivity index (χ0n) is 16.7. The quantitative estimate of drug-likeness (QED) is 0.447. The second-order valence-corrected chi connectivity index (χ2v) is 7.98. The summed E-state index contributed by atoms with van der Waals surface area (Å²) in [7, 11) is 1.90. The first-order valence-corrected chi connectivity index (χ1v) is 10.1. The summed E-state index contributed by atoms with van der Waals surface area (Å²) in [5.74, 6) is 1.09. The summed E-state index contributed by atoms with van der Waals surface area (Å²) in [6.45, 7) is 12.2. The molecule has 0 aliphatic heterocycles. The molecule has 0 spiro atoms. The van der Waals surface area contributed by atoms with E-state index in [0.717, 1.165) is 33.2 Å². The summed E-state index contributed by atoms with van der Waals surface area (Å²) in [5.41, 5.74) is 4.77. The zero-order chi connectivity index (χ0) is 20.5. The van der Waals surface area contributed by atoms with Gasteiger partial charge in [-0.3, -0.25) is 9.08 Å². The van der Waals surface area contributed by atoms with Crippen LogP contribution >= 0.6 is 11.5 Å². The van der Waals surface area contributed by atoms with Crippen molar-refractivity contribution in [1.82, 2.24) is 28.5 Å². The van der Waals surface area contributed by atoms with Gasteiger partial charge in [-0.05, 0) is 30.4 Å². The third kappa shape index (κ3) is 3.58. The average Bonchev–Trinajstić information content (AvgIpc) is 3.41. The highest BCUT2D eigenvalue weighted by molar-refractivity contribution is 7.10. The summed E-state index contributed by atoms with van der Waals surface area (Å²) >= 11 is 1.41. The second kappa shape index (κ2) is 7.63. The normalized spacial score (nSPS) is 13.3. The standard InChI is InChI=1S/C21H23N7S/c1-6-14(4)19(13(2)3)16-9-18(29-26-16)25-20-21-23-11-17(28(21)8-7-22-20)15-10-24-27(5)12-15/h6-12,14,19H,1-2H2,3-5H3,(H,22,25). The molecule has 2 atom stereocenters. The van der Waals surface area contributed by atoms with E-state index in [1.807, 2.05) is 49.2 Å². The molecule has 2 unspecified atom stereocenters. The van der Waals surface area contributed by atoms with Gasteiger partial charge in [0.25, 0.3) is 0 Å². The van der Waals surface area contributed by atoms with Crippen LogP contribution in [0.25, 0.3) is 16.9 Å². The second-order valence-electron chi connectivity index (χ2n) is 7.18. The minimum atomic E-state index is 0.145. The number of rotatable bonds is 7. The van der Waals surface area contributed by atoms with E-state index in [1.165, 1.54) is 11.5 Å². The van der Waals surface area contributed by atoms with Crippen molar-refractivity contribution < 1.29 is 0 Å². The molecule has 0 fully saturated rings. The van der Waals surface area contributed by atoms with Crippen LogP contribution in [0.15, 0.2) is 61.9 Å². The molecule has 0 aromatic carbocycles. The van der Waals surface area contributed by atoms with Gasteiger partial charge in [-0.1, -0.05) is 25.2 Å². The van der Waals surface area contributed by atoms with Crippen molar-refractivity contribution in [3.8, 4) is 11.3 Å². The van der Waals surface area contributed by atoms with Crippen molar-refractivity contribution in [2.75, 3.05) is 5.32 Å². The van der Waals surface area contributed by atoms with E-state index in [0.29, 0.717) is 5.82 Å². The van der Waals surface area contributed by atoms with Crippen LogP contribution in [0.3, 0.4) is 0 Å². The number of fused-ring (bicyclic) bond motifs is 1. The summed E-state index contributed by atoms with van der Waals surface area (Å²) in [6, 6.07) is 2.06. The minimum absolute atomic E-state index is 0.145. The lowest BCUT2D eigenvalue weighted by Gasteiger charge is -2.19. The maximum Gasteiger partial charge on any atom is 0.180 e. The van der Waals surface area contributed by atoms with E-state index in [1.54, 1.807) is 10.9 Å². The third-order valence-corrected chi connectivity index (χ3v) is 5.66. The molecule has 4 heterocycles. The van der Waals surface area contributed by atoms with Crippen LogP contribution in [-0.4, -0.2) is 28.5 Å². The SMILES string of the molecule is C=CC(C)C(C(=C)C)c1cc(Nc2nccn3c(-c4cnn(C)c4)cnc23)sn1. The van der Waals surface area contributed by atoms with Crippen LogP contribution in [-0.2, 0) is 7.05 Å². The lowest BCUT2D eigenvalue weighted by atomic mass is 9.86. The number of anilines is 2. The van der Waals surface area contributed by atoms with E-state index in [-0.39, 0.29) is 11.8 Å². The van der Waals surface area contributed by atoms with Gasteiger partial charge in [0.15, 0.2) is 11.5 Å². The highest BCUT2D eigenvalue weighted by Gasteiger charge is 2.21. The Morgan fingerprint density at radius 3 is 2.83 bits per heavy atom. The van der Waals surface area contributed by atoms with Gasteiger partial charge >= 0.3 is 0 Å². The lowest BCUT2D eigenvalue weighted by Crippen LogP contribution is -2.08. The van der Waals surface area contributed by atoms with E-state index in [2.05, 4.69) is 50.9 Å². The molecule has 4 rings (SSSR count). The van der Waals surface area contributed by atoms with Crippen molar-refractivity contribution in [3.63, 3.8) is 0 Å². The number of hydrogen-bond donors (Lipinski definition) is 1. The number of allylic oxidation sites excluding steroid dienone is 2. The van der Waals surface area contributed by atoms with Gasteiger partial charge in [-0.15, -0.1) is 6.58 Å². The third-order valence-electron chi connectivity index (χ3n) is 4.95. The van der Waals surface area contributed by atoms with Gasteiger partial charge < -0.3 is 5.32 Å². The molecule has 4 aromatic heterocycles. The molecular weight excluding hydrogens is 382 g/mol. The Balaban J connectivity index is 1.65. The van der Waals surface area contributed by atoms with Crippen LogP contribution in [0.1, 0.15) is 25.5 Å². The van der Waals surface area contributed by atoms with Gasteiger partial charge in [-0.25, -0.2) is 9.97 Å². The molecule has 0 radical (unpaired) electrons. The highest BCUT2D eigenvalue weighted by atomic mass is 32.1. The van der Waals surface area contributed by atoms with Crippen molar-refractivity contribution >= 4 is 28.0 Å². The fourth-order valence-corrected chi connectivity index (χ4v) is 4.18. The van der Waals surface area contributed by atoms with Crippen molar-refractivity contribution in [2.24, 2.45) is 13.0 Å². The van der Waals surface area contributed by atoms with Gasteiger partial charge in [0.05, 0.1) is 23.8 Å².